The number of hydrogen-bond acceptors (Lipinski definition) is 5. The summed E-state index contributed by atoms with van der Waals surface area (Å²) in [4.78, 5) is 13.2. The summed E-state index contributed by atoms with van der Waals surface area (Å²) in [6.45, 7) is 2.88. The van der Waals surface area contributed by atoms with E-state index in [-0.39, 0.29) is 0 Å². The quantitative estimate of drug-likeness (QED) is 0.826. The highest BCUT2D eigenvalue weighted by Gasteiger charge is 2.10. The monoisotopic (exact) mass is 274 g/mol. The van der Waals surface area contributed by atoms with Crippen molar-refractivity contribution < 1.29 is 0 Å². The fourth-order valence-corrected chi connectivity index (χ4v) is 1.95. The molecule has 20 heavy (non-hydrogen) atoms. The van der Waals surface area contributed by atoms with Gasteiger partial charge in [-0.05, 0) is 6.42 Å². The molecular formula is C14H22N6. The Kier molecular flexibility index (Phi) is 4.22. The summed E-state index contributed by atoms with van der Waals surface area (Å²) in [7, 11) is 7.88. The summed E-state index contributed by atoms with van der Waals surface area (Å²) in [6, 6.07) is 2.05. The lowest BCUT2D eigenvalue weighted by atomic mass is 10.3. The molecule has 108 valence electrons. The van der Waals surface area contributed by atoms with Crippen LogP contribution >= 0.6 is 0 Å². The van der Waals surface area contributed by atoms with Gasteiger partial charge in [-0.25, -0.2) is 4.98 Å². The fraction of sp³-hybridized carbons (Fsp3) is 0.500. The lowest BCUT2D eigenvalue weighted by Crippen LogP contribution is -2.21. The van der Waals surface area contributed by atoms with Gasteiger partial charge in [0.05, 0.1) is 6.20 Å². The van der Waals surface area contributed by atoms with Gasteiger partial charge in [-0.1, -0.05) is 6.92 Å². The number of hydrogen-bond donors (Lipinski definition) is 0. The van der Waals surface area contributed by atoms with Crippen molar-refractivity contribution in [2.45, 2.75) is 19.9 Å². The molecular weight excluding hydrogens is 252 g/mol. The number of aromatic nitrogens is 4. The van der Waals surface area contributed by atoms with Gasteiger partial charge >= 0.3 is 0 Å². The van der Waals surface area contributed by atoms with E-state index in [1.165, 1.54) is 0 Å². The highest BCUT2D eigenvalue weighted by atomic mass is 15.3. The van der Waals surface area contributed by atoms with Gasteiger partial charge in [0, 0.05) is 58.3 Å². The summed E-state index contributed by atoms with van der Waals surface area (Å²) < 4.78 is 1.81. The topological polar surface area (TPSA) is 50.1 Å². The molecule has 6 nitrogen and oxygen atoms in total. The maximum absolute atomic E-state index is 4.60. The minimum atomic E-state index is 0.748. The van der Waals surface area contributed by atoms with Crippen LogP contribution in [0.4, 0.5) is 11.8 Å². The Hall–Kier alpha value is -2.11. The van der Waals surface area contributed by atoms with Gasteiger partial charge in [0.2, 0.25) is 5.95 Å². The first-order valence-electron chi connectivity index (χ1n) is 6.73. The Morgan fingerprint density at radius 2 is 1.95 bits per heavy atom. The molecule has 0 bridgehead atoms. The van der Waals surface area contributed by atoms with Crippen LogP contribution in [0.3, 0.4) is 0 Å². The third kappa shape index (κ3) is 3.26. The Morgan fingerprint density at radius 1 is 1.20 bits per heavy atom. The molecule has 0 spiro atoms. The molecule has 2 heterocycles. The molecule has 0 atom stereocenters. The summed E-state index contributed by atoms with van der Waals surface area (Å²) >= 11 is 0. The lowest BCUT2D eigenvalue weighted by Gasteiger charge is -2.20. The summed E-state index contributed by atoms with van der Waals surface area (Å²) in [6.07, 6.45) is 4.80. The van der Waals surface area contributed by atoms with Crippen LogP contribution < -0.4 is 9.80 Å². The third-order valence-corrected chi connectivity index (χ3v) is 3.09. The predicted molar refractivity (Wildman–Crippen MR) is 81.1 cm³/mol. The largest absolute Gasteiger partial charge is 0.355 e. The van der Waals surface area contributed by atoms with Crippen molar-refractivity contribution >= 4 is 11.8 Å². The number of anilines is 2. The average molecular weight is 274 g/mol. The van der Waals surface area contributed by atoms with E-state index in [0.717, 1.165) is 36.0 Å². The smallest absolute Gasteiger partial charge is 0.227 e. The first-order chi connectivity index (χ1) is 9.49. The first-order valence-corrected chi connectivity index (χ1v) is 6.73. The fourth-order valence-electron chi connectivity index (χ4n) is 1.95. The van der Waals surface area contributed by atoms with Crippen molar-refractivity contribution in [3.8, 4) is 0 Å². The van der Waals surface area contributed by atoms with Gasteiger partial charge < -0.3 is 9.80 Å². The first kappa shape index (κ1) is 14.3. The van der Waals surface area contributed by atoms with Crippen LogP contribution in [0.15, 0.2) is 18.5 Å². The number of rotatable bonds is 5. The van der Waals surface area contributed by atoms with Gasteiger partial charge in [0.1, 0.15) is 5.82 Å². The van der Waals surface area contributed by atoms with Crippen LogP contribution in [0.25, 0.3) is 0 Å². The van der Waals surface area contributed by atoms with E-state index in [4.69, 9.17) is 0 Å². The molecule has 0 aliphatic heterocycles. The zero-order valence-corrected chi connectivity index (χ0v) is 12.8. The van der Waals surface area contributed by atoms with Crippen molar-refractivity contribution in [1.29, 1.82) is 0 Å². The van der Waals surface area contributed by atoms with Gasteiger partial charge in [0.15, 0.2) is 0 Å². The standard InChI is InChI=1S/C14H22N6/c1-6-12-7-13(17-14(16-12)18(2)3)19(4)9-11-8-15-20(5)10-11/h7-8,10H,6,9H2,1-5H3. The maximum atomic E-state index is 4.60. The highest BCUT2D eigenvalue weighted by molar-refractivity contribution is 5.45. The molecule has 2 rings (SSSR count). The van der Waals surface area contributed by atoms with E-state index >= 15 is 0 Å². The van der Waals surface area contributed by atoms with E-state index in [1.807, 2.05) is 56.2 Å². The van der Waals surface area contributed by atoms with Crippen molar-refractivity contribution in [3.63, 3.8) is 0 Å². The summed E-state index contributed by atoms with van der Waals surface area (Å²) in [5.74, 6) is 1.68. The molecule has 0 N–H and O–H groups in total. The Morgan fingerprint density at radius 3 is 2.50 bits per heavy atom. The molecule has 0 aliphatic rings. The molecule has 0 radical (unpaired) electrons. The minimum Gasteiger partial charge on any atom is -0.355 e. The molecule has 0 fully saturated rings. The molecule has 2 aromatic heterocycles. The molecule has 2 aromatic rings. The number of aryl methyl sites for hydroxylation is 2. The van der Waals surface area contributed by atoms with Gasteiger partial charge in [0.25, 0.3) is 0 Å². The van der Waals surface area contributed by atoms with E-state index in [0.29, 0.717) is 0 Å². The van der Waals surface area contributed by atoms with Crippen LogP contribution in [0.2, 0.25) is 0 Å². The van der Waals surface area contributed by atoms with Gasteiger partial charge in [-0.2, -0.15) is 10.1 Å². The zero-order chi connectivity index (χ0) is 14.7. The van der Waals surface area contributed by atoms with Crippen molar-refractivity contribution in [2.75, 3.05) is 30.9 Å². The summed E-state index contributed by atoms with van der Waals surface area (Å²) in [5.41, 5.74) is 2.22. The normalized spacial score (nSPS) is 10.7. The molecule has 0 unspecified atom stereocenters. The minimum absolute atomic E-state index is 0.748. The maximum Gasteiger partial charge on any atom is 0.227 e. The molecule has 0 aliphatic carbocycles. The Labute approximate surface area is 120 Å². The van der Waals surface area contributed by atoms with Crippen LogP contribution in [0.5, 0.6) is 0 Å². The SMILES string of the molecule is CCc1cc(N(C)Cc2cnn(C)c2)nc(N(C)C)n1. The van der Waals surface area contributed by atoms with Crippen LogP contribution in [0, 0.1) is 0 Å². The molecule has 0 saturated carbocycles. The van der Waals surface area contributed by atoms with Gasteiger partial charge in [-0.15, -0.1) is 0 Å². The predicted octanol–water partition coefficient (Wildman–Crippen LogP) is 1.47. The van der Waals surface area contributed by atoms with Crippen LogP contribution in [-0.2, 0) is 20.0 Å². The highest BCUT2D eigenvalue weighted by Crippen LogP contribution is 2.17. The Balaban J connectivity index is 2.24. The van der Waals surface area contributed by atoms with Crippen molar-refractivity contribution in [3.05, 3.63) is 29.7 Å². The van der Waals surface area contributed by atoms with Gasteiger partial charge in [-0.3, -0.25) is 4.68 Å². The van der Waals surface area contributed by atoms with E-state index in [2.05, 4.69) is 26.9 Å². The molecule has 6 heteroatoms. The zero-order valence-electron chi connectivity index (χ0n) is 12.8. The second kappa shape index (κ2) is 5.90. The van der Waals surface area contributed by atoms with E-state index < -0.39 is 0 Å². The van der Waals surface area contributed by atoms with E-state index in [1.54, 1.807) is 0 Å². The molecule has 0 aromatic carbocycles. The average Bonchev–Trinajstić information content (AvgIpc) is 2.83. The van der Waals surface area contributed by atoms with Crippen LogP contribution in [-0.4, -0.2) is 40.9 Å². The number of nitrogens with zero attached hydrogens (tertiary/aromatic N) is 6. The molecule has 0 amide bonds. The molecule has 0 saturated heterocycles. The second-order valence-corrected chi connectivity index (χ2v) is 5.14. The van der Waals surface area contributed by atoms with Crippen LogP contribution in [0.1, 0.15) is 18.2 Å². The van der Waals surface area contributed by atoms with E-state index in [9.17, 15) is 0 Å². The third-order valence-electron chi connectivity index (χ3n) is 3.09. The second-order valence-electron chi connectivity index (χ2n) is 5.14. The summed E-state index contributed by atoms with van der Waals surface area (Å²) in [5, 5.41) is 4.19. The Bertz CT molecular complexity index is 575. The van der Waals surface area contributed by atoms with Crippen molar-refractivity contribution in [1.82, 2.24) is 19.7 Å². The lowest BCUT2D eigenvalue weighted by molar-refractivity contribution is 0.766. The van der Waals surface area contributed by atoms with Crippen molar-refractivity contribution in [2.24, 2.45) is 7.05 Å².